The van der Waals surface area contributed by atoms with Crippen LogP contribution in [0.1, 0.15) is 45.2 Å². The van der Waals surface area contributed by atoms with Gasteiger partial charge in [-0.2, -0.15) is 0 Å². The van der Waals surface area contributed by atoms with Crippen LogP contribution >= 0.6 is 0 Å². The Morgan fingerprint density at radius 3 is 1.88 bits per heavy atom. The van der Waals surface area contributed by atoms with Gasteiger partial charge in [0.1, 0.15) is 0 Å². The van der Waals surface area contributed by atoms with E-state index in [0.29, 0.717) is 32.6 Å². The Kier molecular flexibility index (Phi) is 10.9. The molecule has 32 heavy (non-hydrogen) atoms. The number of benzene rings is 2. The molecule has 0 saturated heterocycles. The van der Waals surface area contributed by atoms with Crippen LogP contribution in [0.5, 0.6) is 0 Å². The van der Waals surface area contributed by atoms with E-state index in [9.17, 15) is 9.59 Å². The van der Waals surface area contributed by atoms with Crippen LogP contribution in [-0.4, -0.2) is 47.6 Å². The summed E-state index contributed by atoms with van der Waals surface area (Å²) in [5.74, 6) is -0.284. The van der Waals surface area contributed by atoms with Gasteiger partial charge in [0.2, 0.25) is 0 Å². The molecule has 0 aliphatic heterocycles. The number of hydrogen-bond donors (Lipinski definition) is 0. The molecule has 2 aromatic carbocycles. The molecule has 2 aromatic rings. The van der Waals surface area contributed by atoms with E-state index < -0.39 is 0 Å². The van der Waals surface area contributed by atoms with Gasteiger partial charge in [0.25, 0.3) is 0 Å². The average molecular weight is 441 g/mol. The van der Waals surface area contributed by atoms with Crippen molar-refractivity contribution in [1.29, 1.82) is 0 Å². The first-order chi connectivity index (χ1) is 15.3. The largest absolute Gasteiger partial charge is 0.462 e. The highest BCUT2D eigenvalue weighted by atomic mass is 16.7. The van der Waals surface area contributed by atoms with E-state index in [4.69, 9.17) is 9.57 Å². The first kappa shape index (κ1) is 25.6. The number of hydrogen-bond acceptors (Lipinski definition) is 6. The van der Waals surface area contributed by atoms with Crippen LogP contribution in [0, 0.1) is 5.92 Å². The zero-order valence-corrected chi connectivity index (χ0v) is 19.7. The minimum atomic E-state index is -0.262. The summed E-state index contributed by atoms with van der Waals surface area (Å²) in [5.41, 5.74) is 2.16. The van der Waals surface area contributed by atoms with E-state index in [1.54, 1.807) is 5.06 Å². The maximum absolute atomic E-state index is 12.3. The molecule has 0 heterocycles. The Bertz CT molecular complexity index is 740. The Labute approximate surface area is 192 Å². The lowest BCUT2D eigenvalue weighted by Crippen LogP contribution is -2.39. The number of esters is 1. The zero-order valence-electron chi connectivity index (χ0n) is 19.7. The van der Waals surface area contributed by atoms with Crippen molar-refractivity contribution in [2.45, 2.75) is 53.3 Å². The van der Waals surface area contributed by atoms with Crippen molar-refractivity contribution < 1.29 is 19.2 Å². The van der Waals surface area contributed by atoms with Gasteiger partial charge in [0.15, 0.2) is 0 Å². The summed E-state index contributed by atoms with van der Waals surface area (Å²) >= 11 is 0. The van der Waals surface area contributed by atoms with Crippen LogP contribution in [0.4, 0.5) is 0 Å². The molecule has 6 nitrogen and oxygen atoms in total. The third-order valence-electron chi connectivity index (χ3n) is 4.64. The Morgan fingerprint density at radius 1 is 0.781 bits per heavy atom. The summed E-state index contributed by atoms with van der Waals surface area (Å²) in [5, 5.41) is 1.69. The molecule has 0 fully saturated rings. The highest BCUT2D eigenvalue weighted by molar-refractivity contribution is 5.71. The third-order valence-corrected chi connectivity index (χ3v) is 4.64. The smallest absolute Gasteiger partial charge is 0.325 e. The summed E-state index contributed by atoms with van der Waals surface area (Å²) in [6, 6.07) is 19.9. The Balaban J connectivity index is 2.07. The molecule has 0 amide bonds. The van der Waals surface area contributed by atoms with Gasteiger partial charge in [-0.15, -0.1) is 5.06 Å². The zero-order chi connectivity index (χ0) is 23.3. The van der Waals surface area contributed by atoms with Gasteiger partial charge in [0.05, 0.1) is 19.2 Å². The predicted molar refractivity (Wildman–Crippen MR) is 125 cm³/mol. The first-order valence-corrected chi connectivity index (χ1v) is 11.3. The lowest BCUT2D eigenvalue weighted by Gasteiger charge is -2.27. The Morgan fingerprint density at radius 2 is 1.34 bits per heavy atom. The minimum Gasteiger partial charge on any atom is -0.462 e. The second-order valence-corrected chi connectivity index (χ2v) is 8.65. The van der Waals surface area contributed by atoms with E-state index >= 15 is 0 Å². The molecular weight excluding hydrogens is 404 g/mol. The van der Waals surface area contributed by atoms with E-state index in [-0.39, 0.29) is 30.5 Å². The number of ether oxygens (including phenoxy) is 1. The fourth-order valence-corrected chi connectivity index (χ4v) is 3.25. The molecule has 6 heteroatoms. The molecule has 0 aliphatic rings. The van der Waals surface area contributed by atoms with Crippen molar-refractivity contribution >= 4 is 11.9 Å². The maximum Gasteiger partial charge on any atom is 0.325 e. The van der Waals surface area contributed by atoms with Gasteiger partial charge < -0.3 is 9.57 Å². The summed E-state index contributed by atoms with van der Waals surface area (Å²) in [6.45, 7) is 9.95. The first-order valence-electron chi connectivity index (χ1n) is 11.3. The van der Waals surface area contributed by atoms with Gasteiger partial charge in [-0.3, -0.25) is 14.5 Å². The lowest BCUT2D eigenvalue weighted by molar-refractivity contribution is -0.195. The molecular formula is C26H36N2O4. The van der Waals surface area contributed by atoms with E-state index in [2.05, 4.69) is 0 Å². The number of nitrogens with zero attached hydrogens (tertiary/aromatic N) is 2. The molecule has 0 radical (unpaired) electrons. The molecule has 0 N–H and O–H groups in total. The fraction of sp³-hybridized carbons (Fsp3) is 0.462. The van der Waals surface area contributed by atoms with Gasteiger partial charge in [-0.1, -0.05) is 74.5 Å². The van der Waals surface area contributed by atoms with E-state index in [1.807, 2.05) is 93.3 Å². The summed E-state index contributed by atoms with van der Waals surface area (Å²) in [7, 11) is 0. The maximum atomic E-state index is 12.3. The van der Waals surface area contributed by atoms with Crippen LogP contribution in [0.15, 0.2) is 60.7 Å². The van der Waals surface area contributed by atoms with Crippen LogP contribution in [-0.2, 0) is 32.3 Å². The van der Waals surface area contributed by atoms with Crippen LogP contribution in [0.3, 0.4) is 0 Å². The molecule has 2 rings (SSSR count). The monoisotopic (exact) mass is 440 g/mol. The second-order valence-electron chi connectivity index (χ2n) is 8.65. The van der Waals surface area contributed by atoms with Gasteiger partial charge in [-0.25, -0.2) is 0 Å². The number of hydroxylamine groups is 2. The molecule has 0 atom stereocenters. The topological polar surface area (TPSA) is 59.1 Å². The lowest BCUT2D eigenvalue weighted by atomic mass is 10.1. The van der Waals surface area contributed by atoms with E-state index in [0.717, 1.165) is 11.1 Å². The van der Waals surface area contributed by atoms with Gasteiger partial charge in [-0.05, 0) is 30.9 Å². The fourth-order valence-electron chi connectivity index (χ4n) is 3.25. The van der Waals surface area contributed by atoms with Crippen molar-refractivity contribution in [3.05, 3.63) is 71.8 Å². The van der Waals surface area contributed by atoms with E-state index in [1.165, 1.54) is 0 Å². The molecule has 0 saturated carbocycles. The summed E-state index contributed by atoms with van der Waals surface area (Å²) < 4.78 is 5.35. The minimum absolute atomic E-state index is 0.160. The molecule has 0 unspecified atom stereocenters. The van der Waals surface area contributed by atoms with Crippen molar-refractivity contribution in [1.82, 2.24) is 9.96 Å². The summed E-state index contributed by atoms with van der Waals surface area (Å²) in [4.78, 5) is 32.4. The van der Waals surface area contributed by atoms with Crippen molar-refractivity contribution in [3.63, 3.8) is 0 Å². The number of rotatable bonds is 13. The highest BCUT2D eigenvalue weighted by Crippen LogP contribution is 2.10. The Hall–Kier alpha value is -2.70. The third kappa shape index (κ3) is 10.6. The van der Waals surface area contributed by atoms with Crippen LogP contribution < -0.4 is 0 Å². The van der Waals surface area contributed by atoms with Crippen LogP contribution in [0.25, 0.3) is 0 Å². The van der Waals surface area contributed by atoms with Crippen LogP contribution in [0.2, 0.25) is 0 Å². The molecule has 174 valence electrons. The average Bonchev–Trinajstić information content (AvgIpc) is 2.72. The molecule has 0 spiro atoms. The second kappa shape index (κ2) is 13.7. The summed E-state index contributed by atoms with van der Waals surface area (Å²) in [6.07, 6.45) is 0.201. The van der Waals surface area contributed by atoms with Crippen molar-refractivity contribution in [3.8, 4) is 0 Å². The SMILES string of the molecule is CC(C)CC(=O)ON(CCN(CC(=O)OC(C)C)Cc1ccccc1)Cc1ccccc1. The number of carbonyl (C=O) groups is 2. The van der Waals surface area contributed by atoms with Crippen molar-refractivity contribution in [2.24, 2.45) is 5.92 Å². The predicted octanol–water partition coefficient (Wildman–Crippen LogP) is 4.45. The molecule has 0 aliphatic carbocycles. The highest BCUT2D eigenvalue weighted by Gasteiger charge is 2.18. The quantitative estimate of drug-likeness (QED) is 0.339. The van der Waals surface area contributed by atoms with Crippen molar-refractivity contribution in [2.75, 3.05) is 19.6 Å². The standard InChI is InChI=1S/C26H36N2O4/c1-21(2)17-25(29)32-28(19-24-13-9-6-10-14-24)16-15-27(20-26(30)31-22(3)4)18-23-11-7-5-8-12-23/h5-14,21-22H,15-20H2,1-4H3. The van der Waals surface area contributed by atoms with Gasteiger partial charge >= 0.3 is 11.9 Å². The normalized spacial score (nSPS) is 11.4. The number of carbonyl (C=O) groups excluding carboxylic acids is 2. The molecule has 0 bridgehead atoms. The molecule has 0 aromatic heterocycles. The van der Waals surface area contributed by atoms with Gasteiger partial charge in [0, 0.05) is 26.1 Å².